The van der Waals surface area contributed by atoms with Crippen molar-refractivity contribution in [2.24, 2.45) is 0 Å². The van der Waals surface area contributed by atoms with Gasteiger partial charge in [0.1, 0.15) is 11.3 Å². The fraction of sp³-hybridized carbons (Fsp3) is 0.300. The Labute approximate surface area is 160 Å². The van der Waals surface area contributed by atoms with Gasteiger partial charge in [-0.1, -0.05) is 11.6 Å². The highest BCUT2D eigenvalue weighted by atomic mass is 19.2. The van der Waals surface area contributed by atoms with E-state index in [2.05, 4.69) is 10.3 Å². The molecule has 0 aliphatic carbocycles. The quantitative estimate of drug-likeness (QED) is 0.739. The number of nitrogens with zero attached hydrogens (tertiary/aromatic N) is 2. The van der Waals surface area contributed by atoms with Gasteiger partial charge in [0, 0.05) is 19.1 Å². The lowest BCUT2D eigenvalue weighted by atomic mass is 10.1. The summed E-state index contributed by atoms with van der Waals surface area (Å²) in [6, 6.07) is 7.83. The lowest BCUT2D eigenvalue weighted by Crippen LogP contribution is -2.32. The van der Waals surface area contributed by atoms with Crippen LogP contribution in [0.15, 0.2) is 34.7 Å². The number of methoxy groups -OCH3 is 1. The smallest absolute Gasteiger partial charge is 0.296 e. The molecular formula is C20H19F2N3O3. The molecule has 0 radical (unpaired) electrons. The highest BCUT2D eigenvalue weighted by Gasteiger charge is 2.29. The first-order valence-electron chi connectivity index (χ1n) is 8.91. The normalized spacial score (nSPS) is 16.6. The predicted octanol–water partition coefficient (Wildman–Crippen LogP) is 3.75. The number of halogens is 2. The summed E-state index contributed by atoms with van der Waals surface area (Å²) < 4.78 is 37.7. The molecule has 1 amide bonds. The lowest BCUT2D eigenvalue weighted by Gasteiger charge is -2.18. The Kier molecular flexibility index (Phi) is 4.62. The number of anilines is 1. The number of aromatic nitrogens is 1. The number of ether oxygens (including phenoxy) is 1. The van der Waals surface area contributed by atoms with E-state index < -0.39 is 11.6 Å². The molecule has 28 heavy (non-hydrogen) atoms. The zero-order valence-electron chi connectivity index (χ0n) is 15.5. The fourth-order valence-electron chi connectivity index (χ4n) is 3.39. The standard InChI is InChI=1S/C20H19F2N3O3/c1-11-3-6-16(27-2)13(9-11)19(26)25-8-7-12(10-25)23-20-24-15-5-4-14(21)17(22)18(15)28-20/h3-6,9,12H,7-8,10H2,1-2H3,(H,23,24)/t12-/m1/s1. The number of hydrogen-bond donors (Lipinski definition) is 1. The molecule has 6 nitrogen and oxygen atoms in total. The van der Waals surface area contributed by atoms with E-state index in [0.717, 1.165) is 11.6 Å². The van der Waals surface area contributed by atoms with Gasteiger partial charge in [-0.15, -0.1) is 0 Å². The van der Waals surface area contributed by atoms with Gasteiger partial charge >= 0.3 is 0 Å². The number of hydrogen-bond acceptors (Lipinski definition) is 5. The molecule has 2 aromatic carbocycles. The molecule has 1 saturated heterocycles. The van der Waals surface area contributed by atoms with Crippen molar-refractivity contribution in [1.82, 2.24) is 9.88 Å². The summed E-state index contributed by atoms with van der Waals surface area (Å²) in [5.41, 5.74) is 1.50. The fourth-order valence-corrected chi connectivity index (χ4v) is 3.39. The molecule has 1 aromatic heterocycles. The summed E-state index contributed by atoms with van der Waals surface area (Å²) in [5, 5.41) is 3.06. The molecule has 0 saturated carbocycles. The number of oxazole rings is 1. The monoisotopic (exact) mass is 387 g/mol. The van der Waals surface area contributed by atoms with Crippen molar-refractivity contribution in [3.8, 4) is 5.75 Å². The first-order chi connectivity index (χ1) is 13.5. The van der Waals surface area contributed by atoms with Gasteiger partial charge < -0.3 is 19.4 Å². The number of rotatable bonds is 4. The lowest BCUT2D eigenvalue weighted by molar-refractivity contribution is 0.0788. The molecule has 1 aliphatic heterocycles. The van der Waals surface area contributed by atoms with Crippen LogP contribution in [0.25, 0.3) is 11.1 Å². The van der Waals surface area contributed by atoms with Crippen molar-refractivity contribution in [1.29, 1.82) is 0 Å². The van der Waals surface area contributed by atoms with Crippen molar-refractivity contribution < 1.29 is 22.7 Å². The van der Waals surface area contributed by atoms with E-state index in [1.807, 2.05) is 13.0 Å². The van der Waals surface area contributed by atoms with Gasteiger partial charge in [-0.3, -0.25) is 4.79 Å². The maximum absolute atomic E-state index is 13.8. The van der Waals surface area contributed by atoms with Gasteiger partial charge in [-0.05, 0) is 37.6 Å². The van der Waals surface area contributed by atoms with Crippen LogP contribution >= 0.6 is 0 Å². The molecule has 8 heteroatoms. The first-order valence-corrected chi connectivity index (χ1v) is 8.91. The van der Waals surface area contributed by atoms with Crippen LogP contribution in [0.5, 0.6) is 5.75 Å². The molecule has 1 aliphatic rings. The van der Waals surface area contributed by atoms with Crippen LogP contribution in [0.4, 0.5) is 14.8 Å². The molecule has 0 unspecified atom stereocenters. The van der Waals surface area contributed by atoms with E-state index in [1.54, 1.807) is 17.0 Å². The predicted molar refractivity (Wildman–Crippen MR) is 99.6 cm³/mol. The van der Waals surface area contributed by atoms with Crippen molar-refractivity contribution in [2.75, 3.05) is 25.5 Å². The summed E-state index contributed by atoms with van der Waals surface area (Å²) in [6.07, 6.45) is 0.676. The summed E-state index contributed by atoms with van der Waals surface area (Å²) in [4.78, 5) is 18.7. The Morgan fingerprint density at radius 2 is 2.14 bits per heavy atom. The average molecular weight is 387 g/mol. The molecule has 1 fully saturated rings. The number of carbonyl (C=O) groups excluding carboxylic acids is 1. The second-order valence-electron chi connectivity index (χ2n) is 6.81. The maximum atomic E-state index is 13.8. The van der Waals surface area contributed by atoms with Crippen molar-refractivity contribution in [3.05, 3.63) is 53.1 Å². The van der Waals surface area contributed by atoms with Crippen LogP contribution < -0.4 is 10.1 Å². The summed E-state index contributed by atoms with van der Waals surface area (Å²) in [6.45, 7) is 2.90. The Hall–Kier alpha value is -3.16. The molecule has 0 bridgehead atoms. The van der Waals surface area contributed by atoms with Gasteiger partial charge in [0.15, 0.2) is 11.4 Å². The largest absolute Gasteiger partial charge is 0.496 e. The number of benzene rings is 2. The molecule has 1 N–H and O–H groups in total. The van der Waals surface area contributed by atoms with E-state index >= 15 is 0 Å². The first kappa shape index (κ1) is 18.2. The second-order valence-corrected chi connectivity index (χ2v) is 6.81. The van der Waals surface area contributed by atoms with Gasteiger partial charge in [-0.2, -0.15) is 9.37 Å². The van der Waals surface area contributed by atoms with Crippen LogP contribution in [-0.4, -0.2) is 42.0 Å². The number of nitrogens with one attached hydrogen (secondary N) is 1. The molecule has 3 aromatic rings. The van der Waals surface area contributed by atoms with E-state index in [0.29, 0.717) is 30.8 Å². The van der Waals surface area contributed by atoms with E-state index in [-0.39, 0.29) is 29.1 Å². The summed E-state index contributed by atoms with van der Waals surface area (Å²) in [7, 11) is 1.53. The molecule has 0 spiro atoms. The highest BCUT2D eigenvalue weighted by molar-refractivity contribution is 5.97. The van der Waals surface area contributed by atoms with E-state index in [4.69, 9.17) is 9.15 Å². The Morgan fingerprint density at radius 3 is 2.93 bits per heavy atom. The SMILES string of the molecule is COc1ccc(C)cc1C(=O)N1CC[C@@H](Nc2nc3ccc(F)c(F)c3o2)C1. The number of likely N-dealkylation sites (tertiary alicyclic amines) is 1. The molecule has 4 rings (SSSR count). The van der Waals surface area contributed by atoms with Crippen LogP contribution in [0.3, 0.4) is 0 Å². The van der Waals surface area contributed by atoms with Crippen molar-refractivity contribution in [3.63, 3.8) is 0 Å². The van der Waals surface area contributed by atoms with Crippen molar-refractivity contribution >= 4 is 23.0 Å². The third-order valence-electron chi connectivity index (χ3n) is 4.84. The number of aryl methyl sites for hydroxylation is 1. The Morgan fingerprint density at radius 1 is 1.32 bits per heavy atom. The summed E-state index contributed by atoms with van der Waals surface area (Å²) >= 11 is 0. The highest BCUT2D eigenvalue weighted by Crippen LogP contribution is 2.27. The van der Waals surface area contributed by atoms with Crippen LogP contribution in [0.1, 0.15) is 22.3 Å². The van der Waals surface area contributed by atoms with Crippen LogP contribution in [0.2, 0.25) is 0 Å². The molecule has 2 heterocycles. The Balaban J connectivity index is 1.48. The van der Waals surface area contributed by atoms with Crippen LogP contribution in [0, 0.1) is 18.6 Å². The van der Waals surface area contributed by atoms with E-state index in [9.17, 15) is 13.6 Å². The number of fused-ring (bicyclic) bond motifs is 1. The molecule has 146 valence electrons. The zero-order chi connectivity index (χ0) is 19.8. The van der Waals surface area contributed by atoms with Crippen LogP contribution in [-0.2, 0) is 0 Å². The number of carbonyl (C=O) groups is 1. The average Bonchev–Trinajstić information content (AvgIpc) is 3.31. The third-order valence-corrected chi connectivity index (χ3v) is 4.84. The van der Waals surface area contributed by atoms with Gasteiger partial charge in [0.2, 0.25) is 5.82 Å². The minimum absolute atomic E-state index is 0.104. The topological polar surface area (TPSA) is 67.6 Å². The second kappa shape index (κ2) is 7.10. The zero-order valence-corrected chi connectivity index (χ0v) is 15.5. The van der Waals surface area contributed by atoms with Gasteiger partial charge in [0.05, 0.1) is 12.7 Å². The summed E-state index contributed by atoms with van der Waals surface area (Å²) in [5.74, 6) is -1.63. The molecule has 1 atom stereocenters. The van der Waals surface area contributed by atoms with Gasteiger partial charge in [0.25, 0.3) is 11.9 Å². The van der Waals surface area contributed by atoms with Crippen molar-refractivity contribution in [2.45, 2.75) is 19.4 Å². The Bertz CT molecular complexity index is 1050. The van der Waals surface area contributed by atoms with E-state index in [1.165, 1.54) is 13.2 Å². The third kappa shape index (κ3) is 3.26. The minimum atomic E-state index is -1.06. The maximum Gasteiger partial charge on any atom is 0.296 e. The number of amides is 1. The minimum Gasteiger partial charge on any atom is -0.496 e. The van der Waals surface area contributed by atoms with Gasteiger partial charge in [-0.25, -0.2) is 4.39 Å². The molecular weight excluding hydrogens is 368 g/mol.